The van der Waals surface area contributed by atoms with E-state index in [0.717, 1.165) is 27.8 Å². The van der Waals surface area contributed by atoms with Gasteiger partial charge in [0.1, 0.15) is 13.2 Å². The van der Waals surface area contributed by atoms with E-state index in [1.54, 1.807) is 6.92 Å². The highest BCUT2D eigenvalue weighted by atomic mass is 32.1. The third kappa shape index (κ3) is 21.1. The molecule has 0 bridgehead atoms. The summed E-state index contributed by atoms with van der Waals surface area (Å²) in [5.41, 5.74) is 0. The average Bonchev–Trinajstić information content (AvgIpc) is 2.14. The molecule has 5 heteroatoms. The fraction of sp³-hybridized carbons (Fsp3) is 0.923. The summed E-state index contributed by atoms with van der Waals surface area (Å²) < 4.78 is 6.76. The Hall–Kier alpha value is -0.260. The van der Waals surface area contributed by atoms with Gasteiger partial charge in [-0.1, -0.05) is 6.92 Å². The van der Waals surface area contributed by atoms with E-state index in [2.05, 4.69) is 54.9 Å². The first-order valence-corrected chi connectivity index (χ1v) is 7.02. The molecule has 0 saturated heterocycles. The van der Waals surface area contributed by atoms with Gasteiger partial charge in [0, 0.05) is 12.2 Å². The van der Waals surface area contributed by atoms with Crippen molar-refractivity contribution in [3.63, 3.8) is 0 Å². The number of rotatable bonds is 6. The number of hydrogen-bond donors (Lipinski definition) is 1. The van der Waals surface area contributed by atoms with Gasteiger partial charge in [0.2, 0.25) is 0 Å². The zero-order chi connectivity index (χ0) is 14.8. The molecule has 0 aliphatic rings. The van der Waals surface area contributed by atoms with Crippen LogP contribution in [0.1, 0.15) is 13.3 Å². The van der Waals surface area contributed by atoms with Gasteiger partial charge in [-0.25, -0.2) is 0 Å². The molecule has 0 rings (SSSR count). The average molecular weight is 280 g/mol. The maximum atomic E-state index is 10.7. The van der Waals surface area contributed by atoms with Crippen LogP contribution in [-0.4, -0.2) is 82.7 Å². The number of quaternary nitrogens is 2. The number of ether oxygens (including phenoxy) is 1. The highest BCUT2D eigenvalue weighted by Crippen LogP contribution is 1.91. The summed E-state index contributed by atoms with van der Waals surface area (Å²) in [7, 11) is 12.7. The van der Waals surface area contributed by atoms with E-state index in [4.69, 9.17) is 4.74 Å². The number of esters is 1. The van der Waals surface area contributed by atoms with Crippen molar-refractivity contribution in [3.8, 4) is 0 Å². The standard InChI is InChI=1S/C8H18NO2.C5H13NS/c1-5-8(10)11-7-6-9(2,3)4;1-6(2,3)4-5-7/h5-7H2,1-4H3;4-5H2,1-3H3/q+1;/p+1. The number of carbonyl (C=O) groups excluding carboxylic acids is 1. The third-order valence-corrected chi connectivity index (χ3v) is 2.28. The lowest BCUT2D eigenvalue weighted by Crippen LogP contribution is -2.37. The van der Waals surface area contributed by atoms with Crippen LogP contribution in [0.4, 0.5) is 0 Å². The molecule has 0 spiro atoms. The van der Waals surface area contributed by atoms with Crippen LogP contribution in [0.2, 0.25) is 0 Å². The maximum Gasteiger partial charge on any atom is 0.305 e. The Morgan fingerprint density at radius 2 is 1.44 bits per heavy atom. The number of thiol groups is 1. The Bertz CT molecular complexity index is 220. The van der Waals surface area contributed by atoms with Crippen LogP contribution in [0.3, 0.4) is 0 Å². The van der Waals surface area contributed by atoms with E-state index in [0.29, 0.717) is 13.0 Å². The van der Waals surface area contributed by atoms with Gasteiger partial charge in [-0.15, -0.1) is 0 Å². The van der Waals surface area contributed by atoms with Crippen molar-refractivity contribution in [3.05, 3.63) is 0 Å². The largest absolute Gasteiger partial charge is 0.460 e. The molecule has 0 N–H and O–H groups in total. The first kappa shape index (κ1) is 20.1. The van der Waals surface area contributed by atoms with Crippen LogP contribution in [0.15, 0.2) is 0 Å². The molecular formula is C13H32N2O2S+2. The summed E-state index contributed by atoms with van der Waals surface area (Å²) in [4.78, 5) is 10.7. The first-order valence-electron chi connectivity index (χ1n) is 6.39. The molecule has 0 aromatic rings. The molecule has 0 amide bonds. The molecular weight excluding hydrogens is 248 g/mol. The van der Waals surface area contributed by atoms with Gasteiger partial charge < -0.3 is 13.7 Å². The second kappa shape index (κ2) is 9.64. The van der Waals surface area contributed by atoms with Crippen LogP contribution < -0.4 is 0 Å². The van der Waals surface area contributed by atoms with E-state index < -0.39 is 0 Å². The summed E-state index contributed by atoms with van der Waals surface area (Å²) >= 11 is 4.10. The zero-order valence-corrected chi connectivity index (χ0v) is 14.1. The van der Waals surface area contributed by atoms with E-state index in [-0.39, 0.29) is 5.97 Å². The van der Waals surface area contributed by atoms with Gasteiger partial charge in [-0.05, 0) is 0 Å². The van der Waals surface area contributed by atoms with Crippen LogP contribution in [-0.2, 0) is 9.53 Å². The van der Waals surface area contributed by atoms with Crippen LogP contribution in [0, 0.1) is 0 Å². The highest BCUT2D eigenvalue weighted by molar-refractivity contribution is 7.80. The molecule has 0 atom stereocenters. The van der Waals surface area contributed by atoms with Crippen molar-refractivity contribution < 1.29 is 18.5 Å². The minimum Gasteiger partial charge on any atom is -0.460 e. The minimum absolute atomic E-state index is 0.113. The Morgan fingerprint density at radius 1 is 1.00 bits per heavy atom. The van der Waals surface area contributed by atoms with Crippen molar-refractivity contribution in [2.75, 3.05) is 67.7 Å². The fourth-order valence-corrected chi connectivity index (χ4v) is 1.44. The van der Waals surface area contributed by atoms with Crippen molar-refractivity contribution in [2.24, 2.45) is 0 Å². The summed E-state index contributed by atoms with van der Waals surface area (Å²) in [5, 5.41) is 0. The zero-order valence-electron chi connectivity index (χ0n) is 13.2. The molecule has 0 aromatic carbocycles. The summed E-state index contributed by atoms with van der Waals surface area (Å²) in [6.07, 6.45) is 0.469. The van der Waals surface area contributed by atoms with E-state index in [1.165, 1.54) is 0 Å². The van der Waals surface area contributed by atoms with Gasteiger partial charge in [0.15, 0.2) is 0 Å². The highest BCUT2D eigenvalue weighted by Gasteiger charge is 2.07. The first-order chi connectivity index (χ1) is 8.02. The quantitative estimate of drug-likeness (QED) is 0.450. The summed E-state index contributed by atoms with van der Waals surface area (Å²) in [6.45, 7) is 4.33. The van der Waals surface area contributed by atoms with Gasteiger partial charge in [-0.3, -0.25) is 4.79 Å². The molecule has 4 nitrogen and oxygen atoms in total. The van der Waals surface area contributed by atoms with Crippen molar-refractivity contribution >= 4 is 18.6 Å². The van der Waals surface area contributed by atoms with Gasteiger partial charge in [0.25, 0.3) is 0 Å². The van der Waals surface area contributed by atoms with Crippen LogP contribution in [0.5, 0.6) is 0 Å². The number of hydrogen-bond acceptors (Lipinski definition) is 3. The summed E-state index contributed by atoms with van der Waals surface area (Å²) in [6, 6.07) is 0. The normalized spacial score (nSPS) is 11.6. The molecule has 110 valence electrons. The van der Waals surface area contributed by atoms with E-state index >= 15 is 0 Å². The number of carbonyl (C=O) groups is 1. The molecule has 0 aromatic heterocycles. The molecule has 0 heterocycles. The van der Waals surface area contributed by atoms with Gasteiger partial charge in [-0.2, -0.15) is 12.6 Å². The predicted molar refractivity (Wildman–Crippen MR) is 80.9 cm³/mol. The maximum absolute atomic E-state index is 10.7. The Morgan fingerprint density at radius 3 is 1.67 bits per heavy atom. The Labute approximate surface area is 118 Å². The van der Waals surface area contributed by atoms with Gasteiger partial charge >= 0.3 is 5.97 Å². The number of likely N-dealkylation sites (N-methyl/N-ethyl adjacent to an activating group) is 1. The van der Waals surface area contributed by atoms with Crippen molar-refractivity contribution in [2.45, 2.75) is 13.3 Å². The molecule has 0 fully saturated rings. The topological polar surface area (TPSA) is 26.3 Å². The van der Waals surface area contributed by atoms with Crippen molar-refractivity contribution in [1.82, 2.24) is 0 Å². The molecule has 0 saturated carbocycles. The predicted octanol–water partition coefficient (Wildman–Crippen LogP) is 1.27. The second-order valence-corrected chi connectivity index (χ2v) is 6.77. The Kier molecular flexibility index (Phi) is 10.7. The molecule has 0 unspecified atom stereocenters. The minimum atomic E-state index is -0.113. The lowest BCUT2D eigenvalue weighted by Gasteiger charge is -2.23. The summed E-state index contributed by atoms with van der Waals surface area (Å²) in [5.74, 6) is 0.863. The van der Waals surface area contributed by atoms with Gasteiger partial charge in [0.05, 0.1) is 48.8 Å². The van der Waals surface area contributed by atoms with E-state index in [9.17, 15) is 4.79 Å². The molecule has 0 aliphatic heterocycles. The molecule has 18 heavy (non-hydrogen) atoms. The molecule has 0 aliphatic carbocycles. The monoisotopic (exact) mass is 280 g/mol. The lowest BCUT2D eigenvalue weighted by molar-refractivity contribution is -0.870. The SMILES string of the molecule is CCC(=O)OCC[N+](C)(C)C.C[N+](C)(C)CCS. The number of nitrogens with zero attached hydrogens (tertiary/aromatic N) is 2. The fourth-order valence-electron chi connectivity index (χ4n) is 0.835. The smallest absolute Gasteiger partial charge is 0.305 e. The van der Waals surface area contributed by atoms with Crippen LogP contribution >= 0.6 is 12.6 Å². The van der Waals surface area contributed by atoms with E-state index in [1.807, 2.05) is 0 Å². The Balaban J connectivity index is 0. The lowest BCUT2D eigenvalue weighted by atomic mass is 10.5. The van der Waals surface area contributed by atoms with Crippen molar-refractivity contribution in [1.29, 1.82) is 0 Å². The second-order valence-electron chi connectivity index (χ2n) is 6.33. The van der Waals surface area contributed by atoms with Crippen LogP contribution in [0.25, 0.3) is 0 Å². The third-order valence-electron chi connectivity index (χ3n) is 2.08. The molecule has 0 radical (unpaired) electrons.